The summed E-state index contributed by atoms with van der Waals surface area (Å²) in [6, 6.07) is 3.65. The Morgan fingerprint density at radius 2 is 1.75 bits per heavy atom. The van der Waals surface area contributed by atoms with Gasteiger partial charge in [-0.1, -0.05) is 17.7 Å². The van der Waals surface area contributed by atoms with Crippen LogP contribution < -0.4 is 5.32 Å². The van der Waals surface area contributed by atoms with E-state index in [9.17, 15) is 9.59 Å². The van der Waals surface area contributed by atoms with Crippen LogP contribution in [0.15, 0.2) is 12.1 Å². The van der Waals surface area contributed by atoms with Gasteiger partial charge < -0.3 is 10.1 Å². The summed E-state index contributed by atoms with van der Waals surface area (Å²) in [7, 11) is 3.09. The Balaban J connectivity index is 2.94. The zero-order valence-corrected chi connectivity index (χ0v) is 12.9. The van der Waals surface area contributed by atoms with E-state index in [4.69, 9.17) is 0 Å². The number of benzene rings is 1. The Morgan fingerprint density at radius 3 is 2.20 bits per heavy atom. The number of Topliss-reactive ketones (excluding diaryl/α,β-unsaturated/α-hetero) is 1. The minimum absolute atomic E-state index is 0.0337. The lowest BCUT2D eigenvalue weighted by atomic mass is 9.91. The Morgan fingerprint density at radius 1 is 1.20 bits per heavy atom. The van der Waals surface area contributed by atoms with Crippen LogP contribution in [0.2, 0.25) is 0 Å². The van der Waals surface area contributed by atoms with E-state index < -0.39 is 0 Å². The number of likely N-dealkylation sites (N-methyl/N-ethyl adjacent to an activating group) is 1. The third-order valence-corrected chi connectivity index (χ3v) is 3.45. The fourth-order valence-corrected chi connectivity index (χ4v) is 2.51. The molecule has 0 aliphatic rings. The molecule has 1 rings (SSSR count). The van der Waals surface area contributed by atoms with Gasteiger partial charge >= 0.3 is 5.97 Å². The van der Waals surface area contributed by atoms with Crippen molar-refractivity contribution < 1.29 is 14.3 Å². The molecule has 0 aromatic heterocycles. The van der Waals surface area contributed by atoms with E-state index in [1.54, 1.807) is 7.05 Å². The van der Waals surface area contributed by atoms with Crippen molar-refractivity contribution in [1.29, 1.82) is 0 Å². The quantitative estimate of drug-likeness (QED) is 0.640. The fraction of sp³-hybridized carbons (Fsp3) is 0.500. The summed E-state index contributed by atoms with van der Waals surface area (Å²) in [5, 5.41) is 2.99. The number of methoxy groups -OCH3 is 1. The third kappa shape index (κ3) is 3.90. The maximum absolute atomic E-state index is 12.6. The van der Waals surface area contributed by atoms with Gasteiger partial charge in [-0.3, -0.25) is 9.59 Å². The molecule has 1 N–H and O–H groups in total. The van der Waals surface area contributed by atoms with Gasteiger partial charge in [-0.2, -0.15) is 0 Å². The third-order valence-electron chi connectivity index (χ3n) is 3.45. The summed E-state index contributed by atoms with van der Waals surface area (Å²) < 4.78 is 4.62. The average Bonchev–Trinajstić information content (AvgIpc) is 2.37. The SMILES string of the molecule is CNC(CCC(=O)OC)C(=O)c1c(C)cc(C)cc1C. The molecule has 0 saturated carbocycles. The van der Waals surface area contributed by atoms with Crippen molar-refractivity contribution in [1.82, 2.24) is 5.32 Å². The van der Waals surface area contributed by atoms with E-state index in [-0.39, 0.29) is 24.2 Å². The van der Waals surface area contributed by atoms with E-state index in [0.717, 1.165) is 22.3 Å². The van der Waals surface area contributed by atoms with Crippen LogP contribution in [0.5, 0.6) is 0 Å². The van der Waals surface area contributed by atoms with E-state index in [1.165, 1.54) is 7.11 Å². The Bertz CT molecular complexity index is 485. The fourth-order valence-electron chi connectivity index (χ4n) is 2.51. The molecule has 1 unspecified atom stereocenters. The van der Waals surface area contributed by atoms with Gasteiger partial charge in [-0.05, 0) is 45.4 Å². The zero-order chi connectivity index (χ0) is 15.3. The van der Waals surface area contributed by atoms with E-state index in [2.05, 4.69) is 10.1 Å². The molecule has 110 valence electrons. The van der Waals surface area contributed by atoms with Crippen LogP contribution in [-0.4, -0.2) is 32.0 Å². The maximum Gasteiger partial charge on any atom is 0.305 e. The van der Waals surface area contributed by atoms with Crippen LogP contribution in [0.4, 0.5) is 0 Å². The minimum atomic E-state index is -0.366. The van der Waals surface area contributed by atoms with Crippen molar-refractivity contribution in [3.63, 3.8) is 0 Å². The van der Waals surface area contributed by atoms with Gasteiger partial charge in [-0.25, -0.2) is 0 Å². The molecule has 0 saturated heterocycles. The van der Waals surface area contributed by atoms with Gasteiger partial charge in [0.15, 0.2) is 5.78 Å². The molecule has 0 fully saturated rings. The second-order valence-corrected chi connectivity index (χ2v) is 5.09. The molecule has 4 heteroatoms. The van der Waals surface area contributed by atoms with Gasteiger partial charge in [0.25, 0.3) is 0 Å². The van der Waals surface area contributed by atoms with Crippen LogP contribution >= 0.6 is 0 Å². The second kappa shape index (κ2) is 7.20. The first-order valence-electron chi connectivity index (χ1n) is 6.76. The maximum atomic E-state index is 12.6. The highest BCUT2D eigenvalue weighted by Gasteiger charge is 2.22. The molecule has 1 aromatic carbocycles. The van der Waals surface area contributed by atoms with Crippen LogP contribution in [0.25, 0.3) is 0 Å². The van der Waals surface area contributed by atoms with Crippen LogP contribution in [0.3, 0.4) is 0 Å². The molecule has 4 nitrogen and oxygen atoms in total. The van der Waals surface area contributed by atoms with Crippen molar-refractivity contribution in [3.05, 3.63) is 34.4 Å². The standard InChI is InChI=1S/C16H23NO3/c1-10-8-11(2)15(12(3)9-10)16(19)13(17-4)6-7-14(18)20-5/h8-9,13,17H,6-7H2,1-5H3. The number of nitrogens with one attached hydrogen (secondary N) is 1. The Hall–Kier alpha value is -1.68. The number of carbonyl (C=O) groups is 2. The molecule has 0 spiro atoms. The van der Waals surface area contributed by atoms with Gasteiger partial charge in [-0.15, -0.1) is 0 Å². The molecule has 1 atom stereocenters. The lowest BCUT2D eigenvalue weighted by molar-refractivity contribution is -0.140. The average molecular weight is 277 g/mol. The molecule has 0 heterocycles. The van der Waals surface area contributed by atoms with E-state index >= 15 is 0 Å². The Labute approximate surface area is 120 Å². The lowest BCUT2D eigenvalue weighted by Gasteiger charge is -2.18. The van der Waals surface area contributed by atoms with Gasteiger partial charge in [0.05, 0.1) is 13.2 Å². The van der Waals surface area contributed by atoms with Crippen molar-refractivity contribution >= 4 is 11.8 Å². The number of hydrogen-bond acceptors (Lipinski definition) is 4. The largest absolute Gasteiger partial charge is 0.469 e. The summed E-state index contributed by atoms with van der Waals surface area (Å²) in [5.41, 5.74) is 3.85. The number of ketones is 1. The highest BCUT2D eigenvalue weighted by Crippen LogP contribution is 2.19. The number of hydrogen-bond donors (Lipinski definition) is 1. The van der Waals surface area contributed by atoms with Crippen molar-refractivity contribution in [2.24, 2.45) is 0 Å². The normalized spacial score (nSPS) is 12.1. The van der Waals surface area contributed by atoms with Crippen LogP contribution in [0.1, 0.15) is 39.9 Å². The van der Waals surface area contributed by atoms with E-state index in [1.807, 2.05) is 32.9 Å². The van der Waals surface area contributed by atoms with Crippen LogP contribution in [-0.2, 0) is 9.53 Å². The number of ether oxygens (including phenoxy) is 1. The minimum Gasteiger partial charge on any atom is -0.469 e. The first-order valence-corrected chi connectivity index (χ1v) is 6.76. The first-order chi connectivity index (χ1) is 9.40. The zero-order valence-electron chi connectivity index (χ0n) is 12.9. The number of rotatable bonds is 6. The van der Waals surface area contributed by atoms with Crippen molar-refractivity contribution in [2.75, 3.05) is 14.2 Å². The molecular weight excluding hydrogens is 254 g/mol. The smallest absolute Gasteiger partial charge is 0.305 e. The summed E-state index contributed by atoms with van der Waals surface area (Å²) in [6.07, 6.45) is 0.673. The summed E-state index contributed by atoms with van der Waals surface area (Å²) in [5.74, 6) is -0.262. The first kappa shape index (κ1) is 16.4. The predicted octanol–water partition coefficient (Wildman–Crippen LogP) is 2.34. The molecule has 0 aliphatic carbocycles. The number of carbonyl (C=O) groups excluding carboxylic acids is 2. The van der Waals surface area contributed by atoms with Gasteiger partial charge in [0, 0.05) is 12.0 Å². The predicted molar refractivity (Wildman–Crippen MR) is 79.1 cm³/mol. The van der Waals surface area contributed by atoms with Gasteiger partial charge in [0.1, 0.15) is 0 Å². The number of aryl methyl sites for hydroxylation is 3. The second-order valence-electron chi connectivity index (χ2n) is 5.09. The molecule has 1 aromatic rings. The highest BCUT2D eigenvalue weighted by molar-refractivity contribution is 6.02. The summed E-state index contributed by atoms with van der Waals surface area (Å²) >= 11 is 0. The van der Waals surface area contributed by atoms with Crippen molar-refractivity contribution in [3.8, 4) is 0 Å². The summed E-state index contributed by atoms with van der Waals surface area (Å²) in [6.45, 7) is 5.90. The van der Waals surface area contributed by atoms with Gasteiger partial charge in [0.2, 0.25) is 0 Å². The Kier molecular flexibility index (Phi) is 5.89. The molecule has 20 heavy (non-hydrogen) atoms. The molecule has 0 radical (unpaired) electrons. The molecule has 0 amide bonds. The molecular formula is C16H23NO3. The number of esters is 1. The lowest BCUT2D eigenvalue weighted by Crippen LogP contribution is -2.35. The highest BCUT2D eigenvalue weighted by atomic mass is 16.5. The monoisotopic (exact) mass is 277 g/mol. The summed E-state index contributed by atoms with van der Waals surface area (Å²) in [4.78, 5) is 23.8. The molecule has 0 bridgehead atoms. The van der Waals surface area contributed by atoms with E-state index in [0.29, 0.717) is 6.42 Å². The topological polar surface area (TPSA) is 55.4 Å². The molecule has 0 aliphatic heterocycles. The van der Waals surface area contributed by atoms with Crippen molar-refractivity contribution in [2.45, 2.75) is 39.7 Å². The van der Waals surface area contributed by atoms with Crippen LogP contribution in [0, 0.1) is 20.8 Å².